The Balaban J connectivity index is 1.67. The minimum Gasteiger partial charge on any atom is -0.494 e. The lowest BCUT2D eigenvalue weighted by atomic mass is 10.0. The van der Waals surface area contributed by atoms with Gasteiger partial charge >= 0.3 is 0 Å². The summed E-state index contributed by atoms with van der Waals surface area (Å²) in [5.41, 5.74) is 1.94. The maximum atomic E-state index is 12.6. The number of anilines is 1. The number of rotatable bonds is 8. The number of nitrogens with one attached hydrogen (secondary N) is 1. The molecule has 168 valence electrons. The maximum absolute atomic E-state index is 12.6. The molecule has 1 aliphatic heterocycles. The van der Waals surface area contributed by atoms with Crippen LogP contribution in [0.15, 0.2) is 48.5 Å². The summed E-state index contributed by atoms with van der Waals surface area (Å²) in [5.74, 6) is 0.604. The van der Waals surface area contributed by atoms with E-state index in [9.17, 15) is 13.2 Å². The highest BCUT2D eigenvalue weighted by atomic mass is 32.2. The third kappa shape index (κ3) is 6.45. The van der Waals surface area contributed by atoms with E-state index in [1.165, 1.54) is 10.6 Å². The molecule has 0 atom stereocenters. The number of carbonyl (C=O) groups is 1. The van der Waals surface area contributed by atoms with E-state index in [0.717, 1.165) is 31.5 Å². The van der Waals surface area contributed by atoms with E-state index in [4.69, 9.17) is 4.74 Å². The zero-order valence-corrected chi connectivity index (χ0v) is 19.2. The molecule has 1 N–H and O–H groups in total. The van der Waals surface area contributed by atoms with E-state index in [2.05, 4.69) is 17.3 Å². The van der Waals surface area contributed by atoms with Gasteiger partial charge in [-0.05, 0) is 81.9 Å². The number of likely N-dealkylation sites (tertiary alicyclic amines) is 1. The van der Waals surface area contributed by atoms with E-state index in [0.29, 0.717) is 23.6 Å². The Morgan fingerprint density at radius 1 is 1.10 bits per heavy atom. The number of nitrogens with zero attached hydrogens (tertiary/aromatic N) is 2. The Morgan fingerprint density at radius 3 is 2.26 bits per heavy atom. The Hall–Kier alpha value is -2.58. The molecule has 0 unspecified atom stereocenters. The van der Waals surface area contributed by atoms with Gasteiger partial charge in [0.2, 0.25) is 10.0 Å². The number of carbonyl (C=O) groups excluding carboxylic acids is 1. The molecule has 0 aromatic heterocycles. The third-order valence-electron chi connectivity index (χ3n) is 5.43. The second-order valence-electron chi connectivity index (χ2n) is 7.94. The van der Waals surface area contributed by atoms with Crippen LogP contribution in [0.3, 0.4) is 0 Å². The van der Waals surface area contributed by atoms with Crippen LogP contribution in [0.1, 0.15) is 35.7 Å². The molecular weight excluding hydrogens is 414 g/mol. The summed E-state index contributed by atoms with van der Waals surface area (Å²) < 4.78 is 31.6. The van der Waals surface area contributed by atoms with Crippen LogP contribution in [0, 0.1) is 0 Å². The molecule has 0 bridgehead atoms. The van der Waals surface area contributed by atoms with Crippen LogP contribution in [-0.4, -0.2) is 58.3 Å². The minimum absolute atomic E-state index is 0.0902. The fourth-order valence-corrected chi connectivity index (χ4v) is 4.51. The first-order valence-electron chi connectivity index (χ1n) is 10.5. The fraction of sp³-hybridized carbons (Fsp3) is 0.435. The van der Waals surface area contributed by atoms with Crippen molar-refractivity contribution in [2.45, 2.75) is 32.4 Å². The predicted octanol–water partition coefficient (Wildman–Crippen LogP) is 2.88. The van der Waals surface area contributed by atoms with Crippen molar-refractivity contribution in [3.63, 3.8) is 0 Å². The van der Waals surface area contributed by atoms with Gasteiger partial charge < -0.3 is 15.0 Å². The number of hydrogen-bond donors (Lipinski definition) is 1. The zero-order chi connectivity index (χ0) is 22.4. The van der Waals surface area contributed by atoms with Gasteiger partial charge in [-0.15, -0.1) is 0 Å². The summed E-state index contributed by atoms with van der Waals surface area (Å²) in [5, 5.41) is 3.10. The van der Waals surface area contributed by atoms with Crippen LogP contribution >= 0.6 is 0 Å². The van der Waals surface area contributed by atoms with Gasteiger partial charge in [-0.3, -0.25) is 9.10 Å². The van der Waals surface area contributed by atoms with Gasteiger partial charge in [-0.2, -0.15) is 0 Å². The molecule has 2 aromatic carbocycles. The lowest BCUT2D eigenvalue weighted by molar-refractivity contribution is 0.0917. The lowest BCUT2D eigenvalue weighted by Crippen LogP contribution is -2.43. The predicted molar refractivity (Wildman–Crippen MR) is 123 cm³/mol. The molecule has 1 heterocycles. The Labute approximate surface area is 185 Å². The van der Waals surface area contributed by atoms with Gasteiger partial charge in [0.15, 0.2) is 0 Å². The first-order chi connectivity index (χ1) is 14.8. The van der Waals surface area contributed by atoms with E-state index < -0.39 is 10.0 Å². The van der Waals surface area contributed by atoms with Crippen LogP contribution in [0.4, 0.5) is 5.69 Å². The molecule has 0 aliphatic carbocycles. The van der Waals surface area contributed by atoms with Crippen molar-refractivity contribution in [2.75, 3.05) is 37.3 Å². The SMILES string of the molecule is CCOc1ccc(N(Cc2ccc(C(=O)NC3CCN(C)CC3)cc2)S(C)(=O)=O)cc1. The van der Waals surface area contributed by atoms with E-state index in [1.807, 2.05) is 6.92 Å². The fourth-order valence-electron chi connectivity index (χ4n) is 3.62. The van der Waals surface area contributed by atoms with Gasteiger partial charge in [0.05, 0.1) is 25.1 Å². The number of hydrogen-bond acceptors (Lipinski definition) is 5. The molecule has 1 fully saturated rings. The Bertz CT molecular complexity index is 967. The average Bonchev–Trinajstić information content (AvgIpc) is 2.74. The molecule has 0 spiro atoms. The summed E-state index contributed by atoms with van der Waals surface area (Å²) in [6.45, 7) is 4.60. The number of sulfonamides is 1. The summed E-state index contributed by atoms with van der Waals surface area (Å²) in [7, 11) is -1.39. The molecule has 2 aromatic rings. The van der Waals surface area contributed by atoms with Crippen molar-refractivity contribution < 1.29 is 17.9 Å². The molecule has 3 rings (SSSR count). The lowest BCUT2D eigenvalue weighted by Gasteiger charge is -2.29. The first-order valence-corrected chi connectivity index (χ1v) is 12.4. The largest absolute Gasteiger partial charge is 0.494 e. The quantitative estimate of drug-likeness (QED) is 0.676. The van der Waals surface area contributed by atoms with Gasteiger partial charge in [0.1, 0.15) is 5.75 Å². The Morgan fingerprint density at radius 2 is 1.71 bits per heavy atom. The van der Waals surface area contributed by atoms with Gasteiger partial charge in [0.25, 0.3) is 5.91 Å². The van der Waals surface area contributed by atoms with E-state index in [1.54, 1.807) is 48.5 Å². The average molecular weight is 446 g/mol. The molecular formula is C23H31N3O4S. The van der Waals surface area contributed by atoms with Crippen LogP contribution < -0.4 is 14.4 Å². The van der Waals surface area contributed by atoms with Crippen molar-refractivity contribution in [1.29, 1.82) is 0 Å². The van der Waals surface area contributed by atoms with Crippen molar-refractivity contribution in [1.82, 2.24) is 10.2 Å². The van der Waals surface area contributed by atoms with Gasteiger partial charge in [-0.25, -0.2) is 8.42 Å². The smallest absolute Gasteiger partial charge is 0.251 e. The molecule has 1 amide bonds. The first kappa shape index (κ1) is 23.1. The zero-order valence-electron chi connectivity index (χ0n) is 18.4. The van der Waals surface area contributed by atoms with Crippen LogP contribution in [-0.2, 0) is 16.6 Å². The molecule has 8 heteroatoms. The topological polar surface area (TPSA) is 79.0 Å². The van der Waals surface area contributed by atoms with Crippen LogP contribution in [0.2, 0.25) is 0 Å². The summed E-state index contributed by atoms with van der Waals surface area (Å²) in [6.07, 6.45) is 3.09. The number of piperidine rings is 1. The minimum atomic E-state index is -3.48. The van der Waals surface area contributed by atoms with Crippen molar-refractivity contribution >= 4 is 21.6 Å². The standard InChI is InChI=1S/C23H31N3O4S/c1-4-30-22-11-9-21(10-12-22)26(31(3,28)29)17-18-5-7-19(8-6-18)23(27)24-20-13-15-25(2)16-14-20/h5-12,20H,4,13-17H2,1-3H3,(H,24,27). The van der Waals surface area contributed by atoms with E-state index >= 15 is 0 Å². The van der Waals surface area contributed by atoms with Crippen LogP contribution in [0.25, 0.3) is 0 Å². The molecule has 1 saturated heterocycles. The third-order valence-corrected chi connectivity index (χ3v) is 6.57. The van der Waals surface area contributed by atoms with Crippen LogP contribution in [0.5, 0.6) is 5.75 Å². The number of ether oxygens (including phenoxy) is 1. The van der Waals surface area contributed by atoms with E-state index in [-0.39, 0.29) is 18.5 Å². The summed E-state index contributed by atoms with van der Waals surface area (Å²) in [6, 6.07) is 14.3. The monoisotopic (exact) mass is 445 g/mol. The van der Waals surface area contributed by atoms with Crippen molar-refractivity contribution in [2.24, 2.45) is 0 Å². The highest BCUT2D eigenvalue weighted by Crippen LogP contribution is 2.24. The second-order valence-corrected chi connectivity index (χ2v) is 9.85. The molecule has 7 nitrogen and oxygen atoms in total. The van der Waals surface area contributed by atoms with Gasteiger partial charge in [-0.1, -0.05) is 12.1 Å². The molecule has 0 saturated carbocycles. The van der Waals surface area contributed by atoms with Crippen molar-refractivity contribution in [3.05, 3.63) is 59.7 Å². The summed E-state index contributed by atoms with van der Waals surface area (Å²) >= 11 is 0. The normalized spacial score (nSPS) is 15.5. The van der Waals surface area contributed by atoms with Gasteiger partial charge in [0, 0.05) is 11.6 Å². The summed E-state index contributed by atoms with van der Waals surface area (Å²) in [4.78, 5) is 14.8. The highest BCUT2D eigenvalue weighted by Gasteiger charge is 2.20. The number of amides is 1. The second kappa shape index (κ2) is 10.2. The van der Waals surface area contributed by atoms with Crippen molar-refractivity contribution in [3.8, 4) is 5.75 Å². The number of benzene rings is 2. The molecule has 0 radical (unpaired) electrons. The molecule has 31 heavy (non-hydrogen) atoms. The highest BCUT2D eigenvalue weighted by molar-refractivity contribution is 7.92. The Kier molecular flexibility index (Phi) is 7.56. The molecule has 1 aliphatic rings. The maximum Gasteiger partial charge on any atom is 0.251 e.